The monoisotopic (exact) mass is 343 g/mol. The first-order chi connectivity index (χ1) is 11.5. The van der Waals surface area contributed by atoms with Gasteiger partial charge in [0.05, 0.1) is 10.9 Å². The first-order valence-corrected chi connectivity index (χ1v) is 8.27. The van der Waals surface area contributed by atoms with Crippen molar-refractivity contribution in [3.05, 3.63) is 82.7 Å². The summed E-state index contributed by atoms with van der Waals surface area (Å²) in [4.78, 5) is 13.6. The van der Waals surface area contributed by atoms with Gasteiger partial charge in [-0.2, -0.15) is 0 Å². The van der Waals surface area contributed by atoms with Crippen LogP contribution in [-0.2, 0) is 0 Å². The van der Waals surface area contributed by atoms with E-state index in [1.807, 2.05) is 37.3 Å². The van der Waals surface area contributed by atoms with E-state index in [-0.39, 0.29) is 11.9 Å². The summed E-state index contributed by atoms with van der Waals surface area (Å²) in [6, 6.07) is 16.7. The molecular weight excluding hydrogens is 328 g/mol. The van der Waals surface area contributed by atoms with E-state index in [1.165, 1.54) is 17.4 Å². The second kappa shape index (κ2) is 6.93. The minimum absolute atomic E-state index is 0.118. The molecule has 0 saturated carbocycles. The van der Waals surface area contributed by atoms with Crippen molar-refractivity contribution in [2.45, 2.75) is 13.0 Å². The number of carbonyl (C=O) groups is 1. The van der Waals surface area contributed by atoms with E-state index in [4.69, 9.17) is 0 Å². The van der Waals surface area contributed by atoms with Gasteiger partial charge in [0.1, 0.15) is 0 Å². The maximum Gasteiger partial charge on any atom is 0.261 e. The SMILES string of the molecule is C[C@H](NC(=O)c1ccc(-c2ccc(F)c(F)c2)s1)c1ccccc1. The number of nitrogens with one attached hydrogen (secondary N) is 1. The molecule has 5 heteroatoms. The molecule has 1 atom stereocenters. The molecule has 122 valence electrons. The Bertz CT molecular complexity index is 861. The molecule has 0 aliphatic rings. The number of hydrogen-bond acceptors (Lipinski definition) is 2. The Hall–Kier alpha value is -2.53. The number of rotatable bonds is 4. The molecule has 0 fully saturated rings. The Morgan fingerprint density at radius 3 is 2.46 bits per heavy atom. The van der Waals surface area contributed by atoms with Crippen LogP contribution in [0, 0.1) is 11.6 Å². The van der Waals surface area contributed by atoms with Crippen molar-refractivity contribution in [3.8, 4) is 10.4 Å². The fourth-order valence-corrected chi connectivity index (χ4v) is 3.26. The maximum atomic E-state index is 13.3. The van der Waals surface area contributed by atoms with Gasteiger partial charge in [-0.05, 0) is 42.3 Å². The summed E-state index contributed by atoms with van der Waals surface area (Å²) >= 11 is 1.24. The molecule has 2 nitrogen and oxygen atoms in total. The van der Waals surface area contributed by atoms with Crippen LogP contribution < -0.4 is 5.32 Å². The minimum atomic E-state index is -0.899. The number of halogens is 2. The van der Waals surface area contributed by atoms with Crippen LogP contribution in [0.1, 0.15) is 28.2 Å². The van der Waals surface area contributed by atoms with Crippen LogP contribution >= 0.6 is 11.3 Å². The first-order valence-electron chi connectivity index (χ1n) is 7.45. The molecule has 0 aliphatic carbocycles. The Morgan fingerprint density at radius 2 is 1.75 bits per heavy atom. The van der Waals surface area contributed by atoms with E-state index in [1.54, 1.807) is 12.1 Å². The Morgan fingerprint density at radius 1 is 1.00 bits per heavy atom. The average Bonchev–Trinajstić information content (AvgIpc) is 3.08. The molecule has 0 saturated heterocycles. The summed E-state index contributed by atoms with van der Waals surface area (Å²) in [6.45, 7) is 1.91. The average molecular weight is 343 g/mol. The predicted molar refractivity (Wildman–Crippen MR) is 92.0 cm³/mol. The zero-order valence-electron chi connectivity index (χ0n) is 12.9. The lowest BCUT2D eigenvalue weighted by molar-refractivity contribution is 0.0944. The van der Waals surface area contributed by atoms with Gasteiger partial charge in [-0.1, -0.05) is 36.4 Å². The van der Waals surface area contributed by atoms with E-state index in [0.717, 1.165) is 17.7 Å². The molecule has 1 heterocycles. The third kappa shape index (κ3) is 3.51. The summed E-state index contributed by atoms with van der Waals surface area (Å²) in [6.07, 6.45) is 0. The van der Waals surface area contributed by atoms with Gasteiger partial charge in [0, 0.05) is 4.88 Å². The van der Waals surface area contributed by atoms with E-state index in [9.17, 15) is 13.6 Å². The van der Waals surface area contributed by atoms with Gasteiger partial charge in [0.2, 0.25) is 0 Å². The molecule has 0 radical (unpaired) electrons. The van der Waals surface area contributed by atoms with Gasteiger partial charge in [0.15, 0.2) is 11.6 Å². The maximum absolute atomic E-state index is 13.3. The highest BCUT2D eigenvalue weighted by Gasteiger charge is 2.14. The van der Waals surface area contributed by atoms with Gasteiger partial charge in [-0.3, -0.25) is 4.79 Å². The molecule has 1 N–H and O–H groups in total. The fourth-order valence-electron chi connectivity index (χ4n) is 2.36. The lowest BCUT2D eigenvalue weighted by Gasteiger charge is -2.13. The van der Waals surface area contributed by atoms with Crippen molar-refractivity contribution in [2.75, 3.05) is 0 Å². The highest BCUT2D eigenvalue weighted by Crippen LogP contribution is 2.29. The summed E-state index contributed by atoms with van der Waals surface area (Å²) in [5.41, 5.74) is 1.57. The number of hydrogen-bond donors (Lipinski definition) is 1. The van der Waals surface area contributed by atoms with Gasteiger partial charge in [0.25, 0.3) is 5.91 Å². The predicted octanol–water partition coefficient (Wildman–Crippen LogP) is 5.18. The largest absolute Gasteiger partial charge is 0.345 e. The third-order valence-corrected chi connectivity index (χ3v) is 4.81. The molecule has 0 unspecified atom stereocenters. The number of carbonyl (C=O) groups excluding carboxylic acids is 1. The van der Waals surface area contributed by atoms with Crippen molar-refractivity contribution in [1.29, 1.82) is 0 Å². The molecule has 2 aromatic carbocycles. The topological polar surface area (TPSA) is 29.1 Å². The van der Waals surface area contributed by atoms with E-state index in [2.05, 4.69) is 5.32 Å². The van der Waals surface area contributed by atoms with Gasteiger partial charge in [-0.15, -0.1) is 11.3 Å². The molecule has 1 aromatic heterocycles. The summed E-state index contributed by atoms with van der Waals surface area (Å²) in [7, 11) is 0. The van der Waals surface area contributed by atoms with Crippen molar-refractivity contribution in [2.24, 2.45) is 0 Å². The number of amides is 1. The molecule has 0 aliphatic heterocycles. The lowest BCUT2D eigenvalue weighted by Crippen LogP contribution is -2.25. The van der Waals surface area contributed by atoms with Crippen LogP contribution in [0.4, 0.5) is 8.78 Å². The fraction of sp³-hybridized carbons (Fsp3) is 0.105. The third-order valence-electron chi connectivity index (χ3n) is 3.68. The van der Waals surface area contributed by atoms with Gasteiger partial charge in [-0.25, -0.2) is 8.78 Å². The zero-order valence-corrected chi connectivity index (χ0v) is 13.7. The van der Waals surface area contributed by atoms with Crippen molar-refractivity contribution >= 4 is 17.2 Å². The highest BCUT2D eigenvalue weighted by atomic mass is 32.1. The smallest absolute Gasteiger partial charge is 0.261 e. The molecule has 0 spiro atoms. The van der Waals surface area contributed by atoms with Crippen molar-refractivity contribution in [1.82, 2.24) is 5.32 Å². The highest BCUT2D eigenvalue weighted by molar-refractivity contribution is 7.17. The Balaban J connectivity index is 1.75. The minimum Gasteiger partial charge on any atom is -0.345 e. The van der Waals surface area contributed by atoms with Crippen LogP contribution in [0.25, 0.3) is 10.4 Å². The molecular formula is C19H15F2NOS. The van der Waals surface area contributed by atoms with Crippen LogP contribution in [-0.4, -0.2) is 5.91 Å². The van der Waals surface area contributed by atoms with Gasteiger partial charge >= 0.3 is 0 Å². The summed E-state index contributed by atoms with van der Waals surface area (Å²) < 4.78 is 26.4. The summed E-state index contributed by atoms with van der Waals surface area (Å²) in [5, 5.41) is 2.94. The second-order valence-corrected chi connectivity index (χ2v) is 6.48. The quantitative estimate of drug-likeness (QED) is 0.694. The van der Waals surface area contributed by atoms with Gasteiger partial charge < -0.3 is 5.32 Å². The number of thiophene rings is 1. The Kier molecular flexibility index (Phi) is 4.71. The van der Waals surface area contributed by atoms with Crippen LogP contribution in [0.15, 0.2) is 60.7 Å². The van der Waals surface area contributed by atoms with E-state index < -0.39 is 11.6 Å². The first kappa shape index (κ1) is 16.3. The van der Waals surface area contributed by atoms with Crippen molar-refractivity contribution in [3.63, 3.8) is 0 Å². The van der Waals surface area contributed by atoms with E-state index in [0.29, 0.717) is 15.3 Å². The van der Waals surface area contributed by atoms with Crippen LogP contribution in [0.2, 0.25) is 0 Å². The standard InChI is InChI=1S/C19H15F2NOS/c1-12(13-5-3-2-4-6-13)22-19(23)18-10-9-17(24-18)14-7-8-15(20)16(21)11-14/h2-12H,1H3,(H,22,23)/t12-/m0/s1. The van der Waals surface area contributed by atoms with Crippen molar-refractivity contribution < 1.29 is 13.6 Å². The molecule has 1 amide bonds. The normalized spacial score (nSPS) is 12.0. The van der Waals surface area contributed by atoms with Crippen LogP contribution in [0.5, 0.6) is 0 Å². The second-order valence-electron chi connectivity index (χ2n) is 5.40. The zero-order chi connectivity index (χ0) is 17.1. The van der Waals surface area contributed by atoms with E-state index >= 15 is 0 Å². The summed E-state index contributed by atoms with van der Waals surface area (Å²) in [5.74, 6) is -1.97. The number of benzene rings is 2. The molecule has 3 rings (SSSR count). The lowest BCUT2D eigenvalue weighted by atomic mass is 10.1. The Labute approximate surface area is 142 Å². The molecule has 3 aromatic rings. The molecule has 24 heavy (non-hydrogen) atoms. The molecule has 0 bridgehead atoms. The van der Waals surface area contributed by atoms with Crippen LogP contribution in [0.3, 0.4) is 0 Å².